The van der Waals surface area contributed by atoms with Crippen LogP contribution < -0.4 is 0 Å². The highest BCUT2D eigenvalue weighted by atomic mass is 16.5. The van der Waals surface area contributed by atoms with Gasteiger partial charge in [0.05, 0.1) is 12.7 Å². The van der Waals surface area contributed by atoms with Crippen LogP contribution in [0, 0.1) is 5.41 Å². The van der Waals surface area contributed by atoms with Crippen molar-refractivity contribution in [3.05, 3.63) is 23.3 Å². The second-order valence-electron chi connectivity index (χ2n) is 4.74. The molecule has 0 amide bonds. The summed E-state index contributed by atoms with van der Waals surface area (Å²) >= 11 is 0. The van der Waals surface area contributed by atoms with Gasteiger partial charge in [0, 0.05) is 0 Å². The topological polar surface area (TPSA) is 26.3 Å². The highest BCUT2D eigenvalue weighted by Gasteiger charge is 2.38. The van der Waals surface area contributed by atoms with Crippen molar-refractivity contribution in [3.8, 4) is 0 Å². The van der Waals surface area contributed by atoms with Crippen molar-refractivity contribution in [2.45, 2.75) is 39.0 Å². The molecule has 0 spiro atoms. The van der Waals surface area contributed by atoms with Crippen LogP contribution in [0.15, 0.2) is 23.3 Å². The van der Waals surface area contributed by atoms with Crippen LogP contribution in [0.2, 0.25) is 0 Å². The summed E-state index contributed by atoms with van der Waals surface area (Å²) in [5, 5.41) is 0. The van der Waals surface area contributed by atoms with Crippen molar-refractivity contribution in [1.82, 2.24) is 0 Å². The second-order valence-corrected chi connectivity index (χ2v) is 4.74. The molecule has 1 atom stereocenters. The maximum atomic E-state index is 11.6. The van der Waals surface area contributed by atoms with Gasteiger partial charge in [0.2, 0.25) is 0 Å². The number of rotatable bonds is 1. The molecule has 0 N–H and O–H groups in total. The van der Waals surface area contributed by atoms with Gasteiger partial charge in [-0.05, 0) is 36.7 Å². The molecule has 2 aliphatic rings. The van der Waals surface area contributed by atoms with Crippen LogP contribution >= 0.6 is 0 Å². The number of allylic oxidation sites excluding steroid dienone is 2. The summed E-state index contributed by atoms with van der Waals surface area (Å²) in [5.41, 5.74) is 2.23. The van der Waals surface area contributed by atoms with Gasteiger partial charge in [-0.15, -0.1) is 0 Å². The quantitative estimate of drug-likeness (QED) is 0.616. The predicted molar refractivity (Wildman–Crippen MR) is 59.4 cm³/mol. The van der Waals surface area contributed by atoms with E-state index in [4.69, 9.17) is 4.74 Å². The number of fused-ring (bicyclic) bond motifs is 1. The van der Waals surface area contributed by atoms with Crippen molar-refractivity contribution in [2.75, 3.05) is 7.11 Å². The molecule has 0 bridgehead atoms. The van der Waals surface area contributed by atoms with Gasteiger partial charge in [0.25, 0.3) is 0 Å². The van der Waals surface area contributed by atoms with Crippen molar-refractivity contribution < 1.29 is 9.53 Å². The van der Waals surface area contributed by atoms with Gasteiger partial charge in [-0.2, -0.15) is 0 Å². The van der Waals surface area contributed by atoms with E-state index in [0.717, 1.165) is 18.4 Å². The smallest absolute Gasteiger partial charge is 0.337 e. The number of hydrogen-bond acceptors (Lipinski definition) is 2. The van der Waals surface area contributed by atoms with Crippen LogP contribution in [0.5, 0.6) is 0 Å². The molecule has 2 rings (SSSR count). The van der Waals surface area contributed by atoms with Crippen LogP contribution in [-0.4, -0.2) is 13.1 Å². The third-order valence-electron chi connectivity index (χ3n) is 3.63. The number of methoxy groups -OCH3 is 1. The van der Waals surface area contributed by atoms with Gasteiger partial charge >= 0.3 is 5.97 Å². The fourth-order valence-corrected chi connectivity index (χ4v) is 2.67. The number of ether oxygens (including phenoxy) is 1. The maximum absolute atomic E-state index is 11.6. The first-order chi connectivity index (χ1) is 7.17. The Hall–Kier alpha value is -1.05. The number of hydrogen-bond donors (Lipinski definition) is 0. The highest BCUT2D eigenvalue weighted by molar-refractivity contribution is 5.94. The molecule has 1 unspecified atom stereocenters. The van der Waals surface area contributed by atoms with Gasteiger partial charge in [0.15, 0.2) is 0 Å². The van der Waals surface area contributed by atoms with Crippen molar-refractivity contribution >= 4 is 5.97 Å². The first-order valence-corrected chi connectivity index (χ1v) is 5.67. The monoisotopic (exact) mass is 206 g/mol. The minimum Gasteiger partial charge on any atom is -0.465 e. The van der Waals surface area contributed by atoms with E-state index >= 15 is 0 Å². The van der Waals surface area contributed by atoms with Gasteiger partial charge in [-0.25, -0.2) is 4.79 Å². The molecule has 2 heteroatoms. The summed E-state index contributed by atoms with van der Waals surface area (Å²) < 4.78 is 4.82. The van der Waals surface area contributed by atoms with E-state index < -0.39 is 0 Å². The second kappa shape index (κ2) is 3.84. The molecule has 0 heterocycles. The normalized spacial score (nSPS) is 30.0. The van der Waals surface area contributed by atoms with Gasteiger partial charge in [-0.1, -0.05) is 25.5 Å². The Morgan fingerprint density at radius 1 is 1.40 bits per heavy atom. The van der Waals surface area contributed by atoms with Crippen molar-refractivity contribution in [2.24, 2.45) is 5.41 Å². The fraction of sp³-hybridized carbons (Fsp3) is 0.615. The Balaban J connectivity index is 2.31. The van der Waals surface area contributed by atoms with Crippen LogP contribution in [-0.2, 0) is 9.53 Å². The standard InChI is InChI=1S/C13H18O2/c1-13-8-5-3-4-6-11(13)10(7-9-13)12(14)15-2/h6-7H,3-5,8-9H2,1-2H3. The predicted octanol–water partition coefficient (Wildman–Crippen LogP) is 3.00. The van der Waals surface area contributed by atoms with Gasteiger partial charge < -0.3 is 4.74 Å². The van der Waals surface area contributed by atoms with Crippen molar-refractivity contribution in [3.63, 3.8) is 0 Å². The molecular weight excluding hydrogens is 188 g/mol. The third kappa shape index (κ3) is 1.73. The molecule has 0 aromatic heterocycles. The Kier molecular flexibility index (Phi) is 2.68. The van der Waals surface area contributed by atoms with E-state index in [0.29, 0.717) is 0 Å². The number of esters is 1. The Morgan fingerprint density at radius 3 is 2.93 bits per heavy atom. The van der Waals surface area contributed by atoms with Crippen LogP contribution in [0.1, 0.15) is 39.0 Å². The SMILES string of the molecule is COC(=O)C1=CCC2(C)CCCCC=C12. The molecule has 0 aromatic rings. The molecule has 0 aliphatic heterocycles. The third-order valence-corrected chi connectivity index (χ3v) is 3.63. The minimum absolute atomic E-state index is 0.174. The van der Waals surface area contributed by atoms with E-state index in [-0.39, 0.29) is 11.4 Å². The van der Waals surface area contributed by atoms with Crippen LogP contribution in [0.3, 0.4) is 0 Å². The first kappa shape index (κ1) is 10.5. The summed E-state index contributed by atoms with van der Waals surface area (Å²) in [5.74, 6) is -0.174. The van der Waals surface area contributed by atoms with E-state index in [2.05, 4.69) is 13.0 Å². The molecule has 0 saturated heterocycles. The lowest BCUT2D eigenvalue weighted by atomic mass is 9.79. The minimum atomic E-state index is -0.174. The lowest BCUT2D eigenvalue weighted by Gasteiger charge is -2.25. The van der Waals surface area contributed by atoms with E-state index in [1.165, 1.54) is 31.9 Å². The summed E-state index contributed by atoms with van der Waals surface area (Å²) in [6, 6.07) is 0. The average Bonchev–Trinajstić information content (AvgIpc) is 2.43. The lowest BCUT2D eigenvalue weighted by Crippen LogP contribution is -2.17. The Morgan fingerprint density at radius 2 is 2.20 bits per heavy atom. The number of carbonyl (C=O) groups is 1. The summed E-state index contributed by atoms with van der Waals surface area (Å²) in [6.45, 7) is 2.26. The molecule has 0 fully saturated rings. The Bertz CT molecular complexity index is 338. The highest BCUT2D eigenvalue weighted by Crippen LogP contribution is 2.48. The zero-order chi connectivity index (χ0) is 10.9. The summed E-state index contributed by atoms with van der Waals surface area (Å²) in [6.07, 6.45) is 10.1. The molecule has 82 valence electrons. The molecule has 0 saturated carbocycles. The average molecular weight is 206 g/mol. The van der Waals surface area contributed by atoms with Crippen LogP contribution in [0.25, 0.3) is 0 Å². The maximum Gasteiger partial charge on any atom is 0.337 e. The zero-order valence-electron chi connectivity index (χ0n) is 9.51. The van der Waals surface area contributed by atoms with E-state index in [9.17, 15) is 4.79 Å². The summed E-state index contributed by atoms with van der Waals surface area (Å²) in [4.78, 5) is 11.6. The zero-order valence-corrected chi connectivity index (χ0v) is 9.51. The molecule has 2 aliphatic carbocycles. The largest absolute Gasteiger partial charge is 0.465 e. The first-order valence-electron chi connectivity index (χ1n) is 5.67. The molecule has 0 radical (unpaired) electrons. The molecule has 0 aromatic carbocycles. The van der Waals surface area contributed by atoms with Crippen LogP contribution in [0.4, 0.5) is 0 Å². The molecule has 15 heavy (non-hydrogen) atoms. The fourth-order valence-electron chi connectivity index (χ4n) is 2.67. The van der Waals surface area contributed by atoms with Gasteiger partial charge in [0.1, 0.15) is 0 Å². The molecule has 2 nitrogen and oxygen atoms in total. The van der Waals surface area contributed by atoms with E-state index in [1.54, 1.807) is 0 Å². The van der Waals surface area contributed by atoms with Crippen molar-refractivity contribution in [1.29, 1.82) is 0 Å². The Labute approximate surface area is 91.0 Å². The lowest BCUT2D eigenvalue weighted by molar-refractivity contribution is -0.135. The summed E-state index contributed by atoms with van der Waals surface area (Å²) in [7, 11) is 1.45. The van der Waals surface area contributed by atoms with Gasteiger partial charge in [-0.3, -0.25) is 0 Å². The molecular formula is C13H18O2. The van der Waals surface area contributed by atoms with E-state index in [1.807, 2.05) is 6.08 Å². The number of carbonyl (C=O) groups excluding carboxylic acids is 1.